The molecule has 106 valence electrons. The van der Waals surface area contributed by atoms with E-state index in [9.17, 15) is 18.0 Å². The van der Waals surface area contributed by atoms with Crippen LogP contribution in [0.3, 0.4) is 0 Å². The maximum Gasteiger partial charge on any atom is 0.406 e. The molecule has 1 atom stereocenters. The van der Waals surface area contributed by atoms with Crippen LogP contribution >= 0.6 is 0 Å². The first-order chi connectivity index (χ1) is 8.32. The summed E-state index contributed by atoms with van der Waals surface area (Å²) in [6.45, 7) is -0.989. The molecular weight excluding hydrogens is 253 g/mol. The number of hydrogen-bond acceptors (Lipinski definition) is 3. The minimum Gasteiger partial charge on any atom is -0.465 e. The van der Waals surface area contributed by atoms with Gasteiger partial charge < -0.3 is 20.8 Å². The molecule has 5 nitrogen and oxygen atoms in total. The summed E-state index contributed by atoms with van der Waals surface area (Å²) >= 11 is 0. The van der Waals surface area contributed by atoms with Gasteiger partial charge in [0.05, 0.1) is 6.61 Å². The number of halogens is 3. The highest BCUT2D eigenvalue weighted by molar-refractivity contribution is 5.64. The quantitative estimate of drug-likeness (QED) is 0.616. The molecule has 1 amide bonds. The van der Waals surface area contributed by atoms with Gasteiger partial charge in [0.2, 0.25) is 0 Å². The average molecular weight is 270 g/mol. The van der Waals surface area contributed by atoms with Crippen LogP contribution in [-0.2, 0) is 0 Å². The Labute approximate surface area is 102 Å². The first-order valence-electron chi connectivity index (χ1n) is 5.76. The normalized spacial score (nSPS) is 26.7. The molecule has 0 aromatic carbocycles. The molecule has 0 aromatic rings. The van der Waals surface area contributed by atoms with Crippen molar-refractivity contribution >= 4 is 6.09 Å². The van der Waals surface area contributed by atoms with Crippen LogP contribution in [0.2, 0.25) is 0 Å². The van der Waals surface area contributed by atoms with Crippen molar-refractivity contribution in [1.29, 1.82) is 0 Å². The predicted octanol–water partition coefficient (Wildman–Crippen LogP) is 1.08. The van der Waals surface area contributed by atoms with Crippen molar-refractivity contribution in [2.45, 2.75) is 50.0 Å². The summed E-state index contributed by atoms with van der Waals surface area (Å²) in [6.07, 6.45) is -3.67. The lowest BCUT2D eigenvalue weighted by molar-refractivity contribution is -0.166. The summed E-state index contributed by atoms with van der Waals surface area (Å²) in [5, 5.41) is 21.9. The van der Waals surface area contributed by atoms with E-state index < -0.39 is 24.9 Å². The van der Waals surface area contributed by atoms with Gasteiger partial charge in [0.15, 0.2) is 0 Å². The molecule has 1 fully saturated rings. The summed E-state index contributed by atoms with van der Waals surface area (Å²) in [5.41, 5.74) is 0. The van der Waals surface area contributed by atoms with Crippen LogP contribution in [-0.4, -0.2) is 47.2 Å². The van der Waals surface area contributed by atoms with Gasteiger partial charge in [0, 0.05) is 12.1 Å². The van der Waals surface area contributed by atoms with Gasteiger partial charge in [-0.05, 0) is 25.7 Å². The van der Waals surface area contributed by atoms with Gasteiger partial charge in [0.25, 0.3) is 0 Å². The number of amides is 1. The second-order valence-corrected chi connectivity index (χ2v) is 4.44. The molecule has 0 spiro atoms. The summed E-state index contributed by atoms with van der Waals surface area (Å²) in [7, 11) is 0. The number of alkyl halides is 3. The lowest BCUT2D eigenvalue weighted by Gasteiger charge is -2.32. The smallest absolute Gasteiger partial charge is 0.406 e. The molecule has 0 heterocycles. The second kappa shape index (κ2) is 6.24. The topological polar surface area (TPSA) is 81.6 Å². The van der Waals surface area contributed by atoms with E-state index in [2.05, 4.69) is 10.6 Å². The molecule has 1 aliphatic carbocycles. The van der Waals surface area contributed by atoms with Crippen molar-refractivity contribution in [2.75, 3.05) is 6.61 Å². The van der Waals surface area contributed by atoms with Crippen LogP contribution in [0.25, 0.3) is 0 Å². The van der Waals surface area contributed by atoms with Gasteiger partial charge in [0.1, 0.15) is 6.04 Å². The van der Waals surface area contributed by atoms with Gasteiger partial charge in [-0.25, -0.2) is 4.79 Å². The lowest BCUT2D eigenvalue weighted by Crippen LogP contribution is -2.51. The van der Waals surface area contributed by atoms with Crippen LogP contribution in [0.15, 0.2) is 0 Å². The Morgan fingerprint density at radius 1 is 1.22 bits per heavy atom. The van der Waals surface area contributed by atoms with E-state index in [4.69, 9.17) is 10.2 Å². The maximum absolute atomic E-state index is 12.4. The Bertz CT molecular complexity index is 278. The standard InChI is InChI=1S/C10H17F3N2O3/c11-10(12,13)8(5-16)14-6-1-3-7(4-2-6)15-9(17)18/h6-8,14-16H,1-5H2,(H,17,18)/t6-,7-,8?. The van der Waals surface area contributed by atoms with E-state index in [1.165, 1.54) is 0 Å². The van der Waals surface area contributed by atoms with Crippen molar-refractivity contribution in [2.24, 2.45) is 0 Å². The Morgan fingerprint density at radius 3 is 2.11 bits per heavy atom. The molecule has 1 unspecified atom stereocenters. The average Bonchev–Trinajstić information content (AvgIpc) is 2.25. The minimum atomic E-state index is -4.47. The van der Waals surface area contributed by atoms with E-state index in [1.54, 1.807) is 0 Å². The molecule has 1 rings (SSSR count). The van der Waals surface area contributed by atoms with Gasteiger partial charge in [-0.1, -0.05) is 0 Å². The highest BCUT2D eigenvalue weighted by atomic mass is 19.4. The largest absolute Gasteiger partial charge is 0.465 e. The molecule has 1 saturated carbocycles. The number of aliphatic hydroxyl groups excluding tert-OH is 1. The Hall–Kier alpha value is -1.02. The number of carbonyl (C=O) groups is 1. The van der Waals surface area contributed by atoms with Gasteiger partial charge in [-0.3, -0.25) is 0 Å². The van der Waals surface area contributed by atoms with Gasteiger partial charge in [-0.2, -0.15) is 13.2 Å². The van der Waals surface area contributed by atoms with Crippen LogP contribution in [0.5, 0.6) is 0 Å². The summed E-state index contributed by atoms with van der Waals surface area (Å²) in [5.74, 6) is 0. The fourth-order valence-electron chi connectivity index (χ4n) is 2.11. The Kier molecular flexibility index (Phi) is 5.21. The summed E-state index contributed by atoms with van der Waals surface area (Å²) in [4.78, 5) is 10.4. The monoisotopic (exact) mass is 270 g/mol. The van der Waals surface area contributed by atoms with Crippen LogP contribution in [0, 0.1) is 0 Å². The van der Waals surface area contributed by atoms with Crippen molar-refractivity contribution in [3.8, 4) is 0 Å². The van der Waals surface area contributed by atoms with Crippen molar-refractivity contribution in [3.05, 3.63) is 0 Å². The molecule has 0 saturated heterocycles. The molecule has 8 heteroatoms. The van der Waals surface area contributed by atoms with E-state index in [0.29, 0.717) is 25.7 Å². The molecule has 4 N–H and O–H groups in total. The molecular formula is C10H17F3N2O3. The van der Waals surface area contributed by atoms with Crippen molar-refractivity contribution < 1.29 is 28.2 Å². The van der Waals surface area contributed by atoms with Gasteiger partial charge in [-0.15, -0.1) is 0 Å². The SMILES string of the molecule is O=C(O)N[C@H]1CC[C@H](NC(CO)C(F)(F)F)CC1. The fraction of sp³-hybridized carbons (Fsp3) is 0.900. The van der Waals surface area contributed by atoms with E-state index in [0.717, 1.165) is 0 Å². The molecule has 0 bridgehead atoms. The number of aliphatic hydroxyl groups is 1. The zero-order chi connectivity index (χ0) is 13.8. The third-order valence-electron chi connectivity index (χ3n) is 3.07. The predicted molar refractivity (Wildman–Crippen MR) is 57.3 cm³/mol. The fourth-order valence-corrected chi connectivity index (χ4v) is 2.11. The number of rotatable bonds is 4. The third-order valence-corrected chi connectivity index (χ3v) is 3.07. The molecule has 1 aliphatic rings. The number of carboxylic acid groups (broad SMARTS) is 1. The third kappa shape index (κ3) is 4.69. The van der Waals surface area contributed by atoms with E-state index >= 15 is 0 Å². The Morgan fingerprint density at radius 2 is 1.72 bits per heavy atom. The van der Waals surface area contributed by atoms with Crippen LogP contribution < -0.4 is 10.6 Å². The Balaban J connectivity index is 2.37. The lowest BCUT2D eigenvalue weighted by atomic mass is 9.91. The molecule has 18 heavy (non-hydrogen) atoms. The number of nitrogens with one attached hydrogen (secondary N) is 2. The maximum atomic E-state index is 12.4. The minimum absolute atomic E-state index is 0.195. The first-order valence-corrected chi connectivity index (χ1v) is 5.76. The summed E-state index contributed by atoms with van der Waals surface area (Å²) < 4.78 is 37.2. The first kappa shape index (κ1) is 15.0. The van der Waals surface area contributed by atoms with Crippen molar-refractivity contribution in [3.63, 3.8) is 0 Å². The van der Waals surface area contributed by atoms with Crippen molar-refractivity contribution in [1.82, 2.24) is 10.6 Å². The highest BCUT2D eigenvalue weighted by Gasteiger charge is 2.40. The van der Waals surface area contributed by atoms with E-state index in [1.807, 2.05) is 0 Å². The molecule has 0 radical (unpaired) electrons. The highest BCUT2D eigenvalue weighted by Crippen LogP contribution is 2.24. The number of hydrogen-bond donors (Lipinski definition) is 4. The van der Waals surface area contributed by atoms with Crippen LogP contribution in [0.1, 0.15) is 25.7 Å². The zero-order valence-corrected chi connectivity index (χ0v) is 9.70. The van der Waals surface area contributed by atoms with Gasteiger partial charge >= 0.3 is 12.3 Å². The molecule has 0 aromatic heterocycles. The summed E-state index contributed by atoms with van der Waals surface area (Å²) in [6, 6.07) is -2.44. The molecule has 0 aliphatic heterocycles. The van der Waals surface area contributed by atoms with Crippen LogP contribution in [0.4, 0.5) is 18.0 Å². The zero-order valence-electron chi connectivity index (χ0n) is 9.70. The van der Waals surface area contributed by atoms with E-state index in [-0.39, 0.29) is 12.1 Å². The second-order valence-electron chi connectivity index (χ2n) is 4.44.